The minimum Gasteiger partial charge on any atom is -0.313 e. The predicted molar refractivity (Wildman–Crippen MR) is 146 cm³/mol. The lowest BCUT2D eigenvalue weighted by atomic mass is 9.94. The van der Waals surface area contributed by atoms with Gasteiger partial charge in [0.05, 0.1) is 0 Å². The van der Waals surface area contributed by atoms with E-state index in [1.54, 1.807) is 0 Å². The molecule has 3 heteroatoms. The van der Waals surface area contributed by atoms with Gasteiger partial charge in [-0.05, 0) is 54.4 Å². The molecule has 1 N–H and O–H groups in total. The molecular formula is C28H45NP2. The second-order valence-corrected chi connectivity index (χ2v) is 15.8. The van der Waals surface area contributed by atoms with Gasteiger partial charge in [0.2, 0.25) is 0 Å². The Hall–Kier alpha value is -0.740. The fourth-order valence-corrected chi connectivity index (χ4v) is 10.7. The van der Waals surface area contributed by atoms with E-state index < -0.39 is 7.92 Å². The van der Waals surface area contributed by atoms with Crippen LogP contribution in [0, 0.1) is 11.8 Å². The quantitative estimate of drug-likeness (QED) is 0.337. The number of hydrogen-bond acceptors (Lipinski definition) is 1. The fourth-order valence-electron chi connectivity index (χ4n) is 4.77. The van der Waals surface area contributed by atoms with Crippen molar-refractivity contribution in [3.63, 3.8) is 0 Å². The standard InChI is InChI=1S/C28H45NP2/c1-21(2)27(29-19-20-30(23(5)6)24(7)8)28(22(3)4)31(25-15-11-9-12-16-25)26-17-13-10-14-18-26/h9-18,21-24,27-29H,19-20H2,1-8H3/t27-,28-/m0/s1. The molecule has 2 atom stereocenters. The highest BCUT2D eigenvalue weighted by atomic mass is 31.1. The molecule has 0 saturated carbocycles. The summed E-state index contributed by atoms with van der Waals surface area (Å²) in [7, 11) is -0.363. The Morgan fingerprint density at radius 1 is 0.645 bits per heavy atom. The third-order valence-electron chi connectivity index (χ3n) is 6.21. The molecule has 0 heterocycles. The van der Waals surface area contributed by atoms with Gasteiger partial charge < -0.3 is 5.32 Å². The van der Waals surface area contributed by atoms with Gasteiger partial charge in [-0.2, -0.15) is 0 Å². The summed E-state index contributed by atoms with van der Waals surface area (Å²) in [5.74, 6) is 1.22. The first-order valence-corrected chi connectivity index (χ1v) is 15.2. The van der Waals surface area contributed by atoms with Crippen LogP contribution in [0.3, 0.4) is 0 Å². The smallest absolute Gasteiger partial charge is 0.0166 e. The molecule has 0 spiro atoms. The summed E-state index contributed by atoms with van der Waals surface area (Å²) in [6.07, 6.45) is 1.33. The van der Waals surface area contributed by atoms with Gasteiger partial charge in [0.15, 0.2) is 0 Å². The van der Waals surface area contributed by atoms with E-state index in [-0.39, 0.29) is 7.92 Å². The first kappa shape index (κ1) is 26.5. The summed E-state index contributed by atoms with van der Waals surface area (Å²) in [5, 5.41) is 7.10. The van der Waals surface area contributed by atoms with E-state index in [4.69, 9.17) is 0 Å². The molecule has 0 aromatic heterocycles. The molecule has 0 amide bonds. The van der Waals surface area contributed by atoms with E-state index in [1.165, 1.54) is 16.8 Å². The van der Waals surface area contributed by atoms with Crippen LogP contribution in [0.25, 0.3) is 0 Å². The molecule has 31 heavy (non-hydrogen) atoms. The highest BCUT2D eigenvalue weighted by molar-refractivity contribution is 7.73. The van der Waals surface area contributed by atoms with Crippen LogP contribution in [0.15, 0.2) is 60.7 Å². The van der Waals surface area contributed by atoms with E-state index in [0.29, 0.717) is 23.5 Å². The van der Waals surface area contributed by atoms with Crippen LogP contribution in [-0.2, 0) is 0 Å². The number of rotatable bonds is 12. The molecule has 0 aliphatic rings. The lowest BCUT2D eigenvalue weighted by molar-refractivity contribution is 0.353. The van der Waals surface area contributed by atoms with Crippen LogP contribution in [-0.4, -0.2) is 35.7 Å². The van der Waals surface area contributed by atoms with Crippen molar-refractivity contribution in [3.8, 4) is 0 Å². The summed E-state index contributed by atoms with van der Waals surface area (Å²) in [6.45, 7) is 20.4. The molecule has 0 radical (unpaired) electrons. The van der Waals surface area contributed by atoms with Gasteiger partial charge in [-0.25, -0.2) is 0 Å². The fraction of sp³-hybridized carbons (Fsp3) is 0.571. The average Bonchev–Trinajstić information content (AvgIpc) is 2.73. The van der Waals surface area contributed by atoms with Crippen LogP contribution in [0.4, 0.5) is 0 Å². The number of hydrogen-bond donors (Lipinski definition) is 1. The van der Waals surface area contributed by atoms with Gasteiger partial charge in [0, 0.05) is 11.7 Å². The third-order valence-corrected chi connectivity index (χ3v) is 12.8. The van der Waals surface area contributed by atoms with Gasteiger partial charge in [0.25, 0.3) is 0 Å². The van der Waals surface area contributed by atoms with Crippen molar-refractivity contribution >= 4 is 26.5 Å². The van der Waals surface area contributed by atoms with E-state index >= 15 is 0 Å². The molecule has 0 bridgehead atoms. The van der Waals surface area contributed by atoms with Gasteiger partial charge in [0.1, 0.15) is 0 Å². The SMILES string of the molecule is CC(C)[C@H](NCCP(C(C)C)C(C)C)[C@H](C(C)C)P(c1ccccc1)c1ccccc1. The van der Waals surface area contributed by atoms with Crippen molar-refractivity contribution in [2.45, 2.75) is 78.4 Å². The van der Waals surface area contributed by atoms with Crippen molar-refractivity contribution in [2.75, 3.05) is 12.7 Å². The molecule has 172 valence electrons. The van der Waals surface area contributed by atoms with Crippen LogP contribution >= 0.6 is 15.8 Å². The monoisotopic (exact) mass is 457 g/mol. The number of benzene rings is 2. The normalized spacial score (nSPS) is 14.4. The zero-order chi connectivity index (χ0) is 23.0. The lowest BCUT2D eigenvalue weighted by Gasteiger charge is -2.40. The van der Waals surface area contributed by atoms with Gasteiger partial charge in [-0.15, -0.1) is 7.92 Å². The third kappa shape index (κ3) is 7.67. The van der Waals surface area contributed by atoms with Crippen molar-refractivity contribution in [3.05, 3.63) is 60.7 Å². The molecule has 2 aromatic carbocycles. The highest BCUT2D eigenvalue weighted by Crippen LogP contribution is 2.47. The number of nitrogens with one attached hydrogen (secondary N) is 1. The van der Waals surface area contributed by atoms with Crippen LogP contribution in [0.2, 0.25) is 0 Å². The Bertz CT molecular complexity index is 680. The molecule has 2 aromatic rings. The van der Waals surface area contributed by atoms with Gasteiger partial charge in [-0.1, -0.05) is 116 Å². The molecule has 0 fully saturated rings. The summed E-state index contributed by atoms with van der Waals surface area (Å²) in [5.41, 5.74) is 2.21. The first-order valence-electron chi connectivity index (χ1n) is 12.1. The van der Waals surface area contributed by atoms with E-state index in [9.17, 15) is 0 Å². The predicted octanol–water partition coefficient (Wildman–Crippen LogP) is 7.06. The van der Waals surface area contributed by atoms with Crippen LogP contribution < -0.4 is 15.9 Å². The van der Waals surface area contributed by atoms with E-state index in [0.717, 1.165) is 17.9 Å². The van der Waals surface area contributed by atoms with Crippen molar-refractivity contribution in [1.82, 2.24) is 5.32 Å². The molecule has 1 nitrogen and oxygen atoms in total. The summed E-state index contributed by atoms with van der Waals surface area (Å²) in [4.78, 5) is 0. The highest BCUT2D eigenvalue weighted by Gasteiger charge is 2.35. The molecule has 0 unspecified atom stereocenters. The van der Waals surface area contributed by atoms with Crippen molar-refractivity contribution < 1.29 is 0 Å². The average molecular weight is 458 g/mol. The topological polar surface area (TPSA) is 12.0 Å². The molecule has 0 aliphatic heterocycles. The Balaban J connectivity index is 2.35. The van der Waals surface area contributed by atoms with Crippen LogP contribution in [0.1, 0.15) is 55.4 Å². The van der Waals surface area contributed by atoms with Crippen LogP contribution in [0.5, 0.6) is 0 Å². The molecule has 0 saturated heterocycles. The molecule has 2 rings (SSSR count). The largest absolute Gasteiger partial charge is 0.313 e. The minimum absolute atomic E-state index is 0.0766. The van der Waals surface area contributed by atoms with Crippen molar-refractivity contribution in [2.24, 2.45) is 11.8 Å². The maximum absolute atomic E-state index is 4.09. The zero-order valence-corrected chi connectivity index (χ0v) is 22.8. The minimum atomic E-state index is -0.440. The molecular weight excluding hydrogens is 412 g/mol. The van der Waals surface area contributed by atoms with Gasteiger partial charge >= 0.3 is 0 Å². The van der Waals surface area contributed by atoms with Gasteiger partial charge in [-0.3, -0.25) is 0 Å². The Kier molecular flexibility index (Phi) is 11.2. The van der Waals surface area contributed by atoms with Crippen molar-refractivity contribution in [1.29, 1.82) is 0 Å². The second-order valence-electron chi connectivity index (χ2n) is 9.92. The Morgan fingerprint density at radius 2 is 1.10 bits per heavy atom. The second kappa shape index (κ2) is 13.1. The summed E-state index contributed by atoms with van der Waals surface area (Å²) in [6, 6.07) is 23.0. The van der Waals surface area contributed by atoms with E-state index in [1.807, 2.05) is 0 Å². The maximum atomic E-state index is 4.09. The molecule has 0 aliphatic carbocycles. The Morgan fingerprint density at radius 3 is 1.45 bits per heavy atom. The summed E-state index contributed by atoms with van der Waals surface area (Å²) < 4.78 is 0. The van der Waals surface area contributed by atoms with E-state index in [2.05, 4.69) is 121 Å². The first-order chi connectivity index (χ1) is 14.7. The zero-order valence-electron chi connectivity index (χ0n) is 21.0. The summed E-state index contributed by atoms with van der Waals surface area (Å²) >= 11 is 0. The maximum Gasteiger partial charge on any atom is 0.0166 e. The lowest BCUT2D eigenvalue weighted by Crippen LogP contribution is -2.48. The Labute approximate surface area is 195 Å².